The molecule has 2 atom stereocenters. The van der Waals surface area contributed by atoms with Crippen LogP contribution in [0, 0.1) is 0 Å². The zero-order valence-electron chi connectivity index (χ0n) is 9.75. The zero-order chi connectivity index (χ0) is 10.6. The Morgan fingerprint density at radius 3 is 2.36 bits per heavy atom. The molecule has 14 heavy (non-hydrogen) atoms. The quantitative estimate of drug-likeness (QED) is 0.690. The van der Waals surface area contributed by atoms with Crippen LogP contribution in [-0.2, 0) is 4.79 Å². The number of likely N-dealkylation sites (tertiary alicyclic amines) is 1. The van der Waals surface area contributed by atoms with Crippen molar-refractivity contribution in [2.24, 2.45) is 0 Å². The summed E-state index contributed by atoms with van der Waals surface area (Å²) >= 11 is 0. The number of carbonyl (C=O) groups excluding carboxylic acids is 1. The molecule has 1 rings (SSSR count). The van der Waals surface area contributed by atoms with E-state index in [-0.39, 0.29) is 0 Å². The first-order chi connectivity index (χ1) is 6.61. The summed E-state index contributed by atoms with van der Waals surface area (Å²) in [7, 11) is 0. The number of hydrogen-bond acceptors (Lipinski definition) is 2. The number of carbonyl (C=O) groups is 1. The Balaban J connectivity index is 2.29. The molecule has 2 nitrogen and oxygen atoms in total. The summed E-state index contributed by atoms with van der Waals surface area (Å²) in [4.78, 5) is 13.4. The van der Waals surface area contributed by atoms with Crippen LogP contribution in [0.1, 0.15) is 52.9 Å². The Morgan fingerprint density at radius 2 is 1.86 bits per heavy atom. The van der Waals surface area contributed by atoms with Crippen molar-refractivity contribution in [2.75, 3.05) is 6.54 Å². The third-order valence-electron chi connectivity index (χ3n) is 3.32. The fourth-order valence-corrected chi connectivity index (χ4v) is 2.43. The Kier molecular flexibility index (Phi) is 4.59. The van der Waals surface area contributed by atoms with E-state index in [1.54, 1.807) is 6.92 Å². The lowest BCUT2D eigenvalue weighted by molar-refractivity contribution is -0.117. The average Bonchev–Trinajstić information content (AvgIpc) is 2.09. The summed E-state index contributed by atoms with van der Waals surface area (Å²) in [6.07, 6.45) is 5.79. The van der Waals surface area contributed by atoms with Crippen LogP contribution < -0.4 is 0 Å². The Morgan fingerprint density at radius 1 is 1.29 bits per heavy atom. The Labute approximate surface area is 87.7 Å². The van der Waals surface area contributed by atoms with Crippen LogP contribution in [-0.4, -0.2) is 29.3 Å². The van der Waals surface area contributed by atoms with Gasteiger partial charge in [-0.2, -0.15) is 0 Å². The number of nitrogens with zero attached hydrogens (tertiary/aromatic N) is 1. The molecule has 0 radical (unpaired) electrons. The van der Waals surface area contributed by atoms with Crippen LogP contribution in [0.5, 0.6) is 0 Å². The molecule has 0 saturated carbocycles. The van der Waals surface area contributed by atoms with Gasteiger partial charge in [-0.1, -0.05) is 6.42 Å². The van der Waals surface area contributed by atoms with Gasteiger partial charge in [0.05, 0.1) is 0 Å². The van der Waals surface area contributed by atoms with Gasteiger partial charge in [-0.3, -0.25) is 4.90 Å². The molecule has 0 aliphatic carbocycles. The van der Waals surface area contributed by atoms with Gasteiger partial charge >= 0.3 is 0 Å². The predicted molar refractivity (Wildman–Crippen MR) is 59.4 cm³/mol. The van der Waals surface area contributed by atoms with E-state index in [1.165, 1.54) is 19.3 Å². The van der Waals surface area contributed by atoms with Crippen LogP contribution >= 0.6 is 0 Å². The van der Waals surface area contributed by atoms with E-state index in [0.29, 0.717) is 17.9 Å². The highest BCUT2D eigenvalue weighted by atomic mass is 16.1. The van der Waals surface area contributed by atoms with Gasteiger partial charge in [0, 0.05) is 18.5 Å². The van der Waals surface area contributed by atoms with E-state index >= 15 is 0 Å². The lowest BCUT2D eigenvalue weighted by Gasteiger charge is -2.39. The molecule has 1 heterocycles. The van der Waals surface area contributed by atoms with Gasteiger partial charge in [-0.05, 0) is 46.6 Å². The van der Waals surface area contributed by atoms with E-state index in [1.807, 2.05) is 0 Å². The highest BCUT2D eigenvalue weighted by Crippen LogP contribution is 2.22. The molecular weight excluding hydrogens is 174 g/mol. The molecule has 1 aliphatic heterocycles. The normalized spacial score (nSPS) is 29.1. The molecule has 0 aromatic rings. The molecule has 0 aromatic carbocycles. The Bertz CT molecular complexity index is 181. The maximum Gasteiger partial charge on any atom is 0.129 e. The maximum absolute atomic E-state index is 10.8. The van der Waals surface area contributed by atoms with Crippen molar-refractivity contribution in [3.05, 3.63) is 0 Å². The van der Waals surface area contributed by atoms with Crippen LogP contribution in [0.3, 0.4) is 0 Å². The number of Topliss-reactive ketones (excluding diaryl/α,β-unsaturated/α-hetero) is 1. The van der Waals surface area contributed by atoms with Gasteiger partial charge < -0.3 is 4.79 Å². The first kappa shape index (κ1) is 11.7. The molecule has 0 aromatic heterocycles. The van der Waals surface area contributed by atoms with Crippen molar-refractivity contribution < 1.29 is 4.79 Å². The van der Waals surface area contributed by atoms with Crippen molar-refractivity contribution in [1.82, 2.24) is 4.90 Å². The van der Waals surface area contributed by atoms with Crippen molar-refractivity contribution in [1.29, 1.82) is 0 Å². The van der Waals surface area contributed by atoms with Crippen molar-refractivity contribution in [3.63, 3.8) is 0 Å². The third kappa shape index (κ3) is 3.41. The molecule has 0 N–H and O–H groups in total. The summed E-state index contributed by atoms with van der Waals surface area (Å²) in [6, 6.07) is 1.43. The molecule has 1 fully saturated rings. The van der Waals surface area contributed by atoms with Crippen molar-refractivity contribution in [2.45, 2.75) is 65.0 Å². The summed E-state index contributed by atoms with van der Waals surface area (Å²) in [6.45, 7) is 7.40. The molecule has 82 valence electrons. The van der Waals surface area contributed by atoms with Gasteiger partial charge in [0.1, 0.15) is 5.78 Å². The van der Waals surface area contributed by atoms with Crippen LogP contribution in [0.15, 0.2) is 0 Å². The lowest BCUT2D eigenvalue weighted by Crippen LogP contribution is -2.44. The van der Waals surface area contributed by atoms with E-state index < -0.39 is 0 Å². The first-order valence-corrected chi connectivity index (χ1v) is 5.86. The molecule has 0 bridgehead atoms. The summed E-state index contributed by atoms with van der Waals surface area (Å²) in [5.74, 6) is 0.322. The minimum atomic E-state index is 0.322. The van der Waals surface area contributed by atoms with E-state index in [2.05, 4.69) is 18.7 Å². The first-order valence-electron chi connectivity index (χ1n) is 5.86. The molecule has 0 amide bonds. The predicted octanol–water partition coefficient (Wildman–Crippen LogP) is 2.62. The second-order valence-corrected chi connectivity index (χ2v) is 4.67. The molecule has 2 unspecified atom stereocenters. The van der Waals surface area contributed by atoms with E-state index in [9.17, 15) is 4.79 Å². The summed E-state index contributed by atoms with van der Waals surface area (Å²) in [5, 5.41) is 0. The standard InChI is InChI=1S/C12H23NO/c1-10-6-4-7-11(2)13(10)9-5-8-12(3)14/h10-11H,4-9H2,1-3H3. The van der Waals surface area contributed by atoms with Crippen LogP contribution in [0.4, 0.5) is 0 Å². The zero-order valence-corrected chi connectivity index (χ0v) is 9.75. The number of hydrogen-bond donors (Lipinski definition) is 0. The highest BCUT2D eigenvalue weighted by molar-refractivity contribution is 5.75. The minimum Gasteiger partial charge on any atom is -0.300 e. The smallest absolute Gasteiger partial charge is 0.129 e. The maximum atomic E-state index is 10.8. The monoisotopic (exact) mass is 197 g/mol. The summed E-state index contributed by atoms with van der Waals surface area (Å²) < 4.78 is 0. The second kappa shape index (κ2) is 5.50. The van der Waals surface area contributed by atoms with Gasteiger partial charge in [-0.15, -0.1) is 0 Å². The van der Waals surface area contributed by atoms with Crippen molar-refractivity contribution in [3.8, 4) is 0 Å². The van der Waals surface area contributed by atoms with Gasteiger partial charge in [0.15, 0.2) is 0 Å². The fourth-order valence-electron chi connectivity index (χ4n) is 2.43. The molecule has 1 saturated heterocycles. The molecular formula is C12H23NO. The second-order valence-electron chi connectivity index (χ2n) is 4.67. The van der Waals surface area contributed by atoms with Crippen LogP contribution in [0.25, 0.3) is 0 Å². The fraction of sp³-hybridized carbons (Fsp3) is 0.917. The SMILES string of the molecule is CC(=O)CCCN1C(C)CCCC1C. The molecule has 1 aliphatic rings. The minimum absolute atomic E-state index is 0.322. The largest absolute Gasteiger partial charge is 0.300 e. The number of ketones is 1. The average molecular weight is 197 g/mol. The van der Waals surface area contributed by atoms with Crippen molar-refractivity contribution >= 4 is 5.78 Å². The Hall–Kier alpha value is -0.370. The topological polar surface area (TPSA) is 20.3 Å². The molecule has 0 spiro atoms. The number of rotatable bonds is 4. The van der Waals surface area contributed by atoms with Gasteiger partial charge in [0.2, 0.25) is 0 Å². The van der Waals surface area contributed by atoms with Gasteiger partial charge in [0.25, 0.3) is 0 Å². The van der Waals surface area contributed by atoms with E-state index in [0.717, 1.165) is 19.4 Å². The van der Waals surface area contributed by atoms with Gasteiger partial charge in [-0.25, -0.2) is 0 Å². The van der Waals surface area contributed by atoms with E-state index in [4.69, 9.17) is 0 Å². The lowest BCUT2D eigenvalue weighted by atomic mass is 9.97. The number of piperidine rings is 1. The summed E-state index contributed by atoms with van der Waals surface area (Å²) in [5.41, 5.74) is 0. The third-order valence-corrected chi connectivity index (χ3v) is 3.32. The molecule has 2 heteroatoms. The van der Waals surface area contributed by atoms with Crippen LogP contribution in [0.2, 0.25) is 0 Å². The highest BCUT2D eigenvalue weighted by Gasteiger charge is 2.23.